The van der Waals surface area contributed by atoms with E-state index in [0.29, 0.717) is 146 Å². The molecule has 3 heterocycles. The lowest BCUT2D eigenvalue weighted by Crippen LogP contribution is -2.34. The number of amidine groups is 1. The summed E-state index contributed by atoms with van der Waals surface area (Å²) >= 11 is 17.4. The van der Waals surface area contributed by atoms with Gasteiger partial charge in [-0.05, 0) is 276 Å². The molecule has 6 aromatic carbocycles. The quantitative estimate of drug-likeness (QED) is 0.00553. The number of nitrogens with one attached hydrogen (secondary N) is 3. The van der Waals surface area contributed by atoms with Crippen molar-refractivity contribution >= 4 is 154 Å². The summed E-state index contributed by atoms with van der Waals surface area (Å²) in [5, 5.41) is 114. The van der Waals surface area contributed by atoms with Crippen LogP contribution in [0.2, 0.25) is 10.0 Å². The molecule has 0 saturated heterocycles. The Labute approximate surface area is 761 Å². The normalized spacial score (nSPS) is 15.0. The largest absolute Gasteiger partial charge is 0.508 e. The second-order valence-corrected chi connectivity index (χ2v) is 32.7. The van der Waals surface area contributed by atoms with E-state index >= 15 is 0 Å². The van der Waals surface area contributed by atoms with Crippen LogP contribution in [0.3, 0.4) is 0 Å². The fraction of sp³-hybridized carbons (Fsp3) is 0.409. The number of aromatic nitrogens is 2. The lowest BCUT2D eigenvalue weighted by molar-refractivity contribution is -0.119. The molecule has 7 atom stereocenters. The number of amides is 1. The van der Waals surface area contributed by atoms with Gasteiger partial charge in [-0.1, -0.05) is 29.3 Å². The highest BCUT2D eigenvalue weighted by Crippen LogP contribution is 2.43. The number of aliphatic hydroxyl groups excluding tert-OH is 7. The highest BCUT2D eigenvalue weighted by Gasteiger charge is 2.30. The number of hydrogen-bond acceptors (Lipinski definition) is 21. The Kier molecular flexibility index (Phi) is 38.1. The topological polar surface area (TPSA) is 562 Å². The van der Waals surface area contributed by atoms with Crippen molar-refractivity contribution in [2.45, 2.75) is 184 Å². The summed E-state index contributed by atoms with van der Waals surface area (Å²) in [5.41, 5.74) is 35.0. The number of benzene rings is 7. The minimum Gasteiger partial charge on any atom is -0.508 e. The summed E-state index contributed by atoms with van der Waals surface area (Å²) in [7, 11) is 3.17. The molecule has 0 unspecified atom stereocenters. The van der Waals surface area contributed by atoms with Crippen molar-refractivity contribution in [2.24, 2.45) is 78.6 Å². The van der Waals surface area contributed by atoms with Crippen LogP contribution in [-0.2, 0) is 4.79 Å². The molecule has 33 nitrogen and oxygen atoms in total. The first-order chi connectivity index (χ1) is 62.2. The maximum Gasteiger partial charge on any atom is 0.336 e. The molecule has 0 fully saturated rings. The molecule has 2 aliphatic rings. The first-order valence-electron chi connectivity index (χ1n) is 43.3. The van der Waals surface area contributed by atoms with Crippen molar-refractivity contribution in [3.05, 3.63) is 164 Å². The van der Waals surface area contributed by atoms with Gasteiger partial charge in [0.05, 0.1) is 36.5 Å². The molecule has 0 saturated carbocycles. The third-order valence-electron chi connectivity index (χ3n) is 21.8. The van der Waals surface area contributed by atoms with Gasteiger partial charge in [0.1, 0.15) is 64.8 Å². The molecule has 688 valence electrons. The van der Waals surface area contributed by atoms with Crippen LogP contribution in [0, 0.1) is 0 Å². The Hall–Kier alpha value is -12.0. The lowest BCUT2D eigenvalue weighted by Gasteiger charge is -2.20. The minimum absolute atomic E-state index is 0.0266. The number of halogens is 2. The predicted molar refractivity (Wildman–Crippen MR) is 519 cm³/mol. The molecule has 0 spiro atoms. The van der Waals surface area contributed by atoms with E-state index in [1.165, 1.54) is 37.3 Å². The van der Waals surface area contributed by atoms with Crippen molar-refractivity contribution < 1.29 is 69.4 Å². The maximum absolute atomic E-state index is 13.9. The number of aliphatic hydroxyl groups is 7. The summed E-state index contributed by atoms with van der Waals surface area (Å²) in [6.45, 7) is 3.09. The van der Waals surface area contributed by atoms with Crippen molar-refractivity contribution in [1.82, 2.24) is 9.97 Å². The Morgan fingerprint density at radius 2 is 0.891 bits per heavy atom. The number of methoxy groups -OCH3 is 2. The Bertz CT molecular complexity index is 5990. The van der Waals surface area contributed by atoms with Gasteiger partial charge in [0.2, 0.25) is 29.5 Å². The molecule has 0 radical (unpaired) electrons. The van der Waals surface area contributed by atoms with Crippen molar-refractivity contribution in [3.8, 4) is 39.7 Å². The summed E-state index contributed by atoms with van der Waals surface area (Å²) in [6, 6.07) is 26.7. The highest BCUT2D eigenvalue weighted by molar-refractivity contribution is 7.97. The average molecular weight is 1830 g/mol. The number of pyridine rings is 2. The van der Waals surface area contributed by atoms with Gasteiger partial charge in [0, 0.05) is 115 Å². The molecule has 10 rings (SSSR count). The molecule has 1 aliphatic heterocycles. The predicted octanol–water partition coefficient (Wildman–Crippen LogP) is 15.3. The van der Waals surface area contributed by atoms with Crippen LogP contribution in [0.1, 0.15) is 152 Å². The van der Waals surface area contributed by atoms with Gasteiger partial charge in [0.25, 0.3) is 5.91 Å². The second kappa shape index (κ2) is 49.5. The van der Waals surface area contributed by atoms with Gasteiger partial charge in [-0.3, -0.25) is 24.6 Å². The summed E-state index contributed by atoms with van der Waals surface area (Å²) in [6.07, 6.45) is 6.34. The lowest BCUT2D eigenvalue weighted by atomic mass is 9.90. The number of anilines is 1. The molecule has 1 amide bonds. The van der Waals surface area contributed by atoms with Crippen LogP contribution in [0.25, 0.3) is 77.0 Å². The number of thiol groups is 1. The highest BCUT2D eigenvalue weighted by atomic mass is 35.5. The van der Waals surface area contributed by atoms with E-state index in [-0.39, 0.29) is 123 Å². The number of nitrogens with two attached hydrogens (primary N) is 5. The number of aromatic carboxylic acids is 1. The minimum atomic E-state index is -1.41. The van der Waals surface area contributed by atoms with E-state index < -0.39 is 95.5 Å². The number of rotatable bonds is 49. The van der Waals surface area contributed by atoms with Crippen molar-refractivity contribution in [2.75, 3.05) is 65.3 Å². The third-order valence-corrected chi connectivity index (χ3v) is 22.5. The summed E-state index contributed by atoms with van der Waals surface area (Å²) in [4.78, 5) is 92.4. The molecule has 1 aliphatic carbocycles. The monoisotopic (exact) mass is 1830 g/mol. The number of unbranched alkanes of at least 4 members (excludes halogenated alkanes) is 7. The molecular formula is C93H116Cl2N18O15S. The average Bonchev–Trinajstić information content (AvgIpc) is 0.739. The number of aliphatic imine (C=N–C) groups is 8. The number of carboxylic acids is 1. The zero-order valence-corrected chi connectivity index (χ0v) is 74.9. The molecule has 2 aromatic heterocycles. The fourth-order valence-electron chi connectivity index (χ4n) is 15.0. The first-order valence-corrected chi connectivity index (χ1v) is 44.5. The molecular weight excluding hydrogens is 1710 g/mol. The number of carbonyl (C=O) groups excluding carboxylic acids is 1. The van der Waals surface area contributed by atoms with Crippen molar-refractivity contribution in [1.29, 1.82) is 0 Å². The number of fused-ring (bicyclic) bond motifs is 6. The second-order valence-electron chi connectivity index (χ2n) is 31.4. The van der Waals surface area contributed by atoms with Crippen LogP contribution in [0.15, 0.2) is 187 Å². The number of H-pyrrole nitrogens is 2. The van der Waals surface area contributed by atoms with E-state index in [4.69, 9.17) is 80.7 Å². The van der Waals surface area contributed by atoms with Gasteiger partial charge in [-0.25, -0.2) is 34.7 Å². The number of phenolic OH excluding ortho intramolecular Hbond substituents is 1. The molecule has 8 aromatic rings. The number of nitrogens with zero attached hydrogens (tertiary/aromatic N) is 10. The van der Waals surface area contributed by atoms with Crippen molar-refractivity contribution in [3.63, 3.8) is 0 Å². The maximum atomic E-state index is 13.9. The number of carboxylic acid groups (broad SMARTS) is 1. The standard InChI is InChI=1S/C93H116Cl2N18O15S/c1-53(114)104-86(118)72(23-9-16-44-102-84-63-33-26-55(95)47-79(63)107-71-38-31-60(127-3)52-68(71)84)109-88(120)74(20-5-12-40-97)111-89(121)76(22-7-14-42-99)112-91(123)77(24-10-17-45-103-93(129)105-56-27-34-61(66(48-56)92(124)125)82-64-35-28-57(115)49-80(64)128-81-50-58(116)29-36-65(81)82)113-90(122)75(21-6-13-41-98)110-87(119)73(19-4-11-39-96)108-85(117)69(100)18-8-15-43-101-83-62-32-25-54(94)46-78(62)106-70-37-30-59(126-2)51-67(70)83/h25-38,46-52,69,72-77,115H,4-24,39-45,96-100H2,1-3H3,(H,101,106)(H,102,107)(H,108,117)(H,109,120)(H,110,119)(H,111,121)(H,112,123)(H,113,122)(H,124,125)(H2,103,105,129)(H,104,114,118)/t69-,72-,73-,74-,75-,76-,77-/m0/s1. The van der Waals surface area contributed by atoms with E-state index in [1.54, 1.807) is 50.6 Å². The van der Waals surface area contributed by atoms with Crippen LogP contribution < -0.4 is 59.6 Å². The fourth-order valence-corrected chi connectivity index (χ4v) is 15.6. The number of carbonyl (C=O) groups is 2. The SMILES string of the molecule is COc1ccc2[nH]c3cc(Cl)ccc3c(=NCCCC[C@H](N=C(O)[C@H](CCCCN)N=C(O)[C@H](CCCCN)N=C(O)[C@H](CCCCN=C(S)Nc3ccc(-c4c5ccc(=O)cc-5oc5cc(O)ccc45)c(C(=O)O)c3)N=C(O)[C@H](CCCCN)N=C(O)[C@H](CCCCN)N=C(O)[C@@H](N)CCCCN=c3c4ccc(Cl)cc4[nH]c4ccc(OC)cc34)C(=O)N=C(C)O)c2c1. The molecule has 22 N–H and O–H groups in total. The molecule has 129 heavy (non-hydrogen) atoms. The van der Waals surface area contributed by atoms with Gasteiger partial charge in [0.15, 0.2) is 22.4 Å². The smallest absolute Gasteiger partial charge is 0.336 e. The van der Waals surface area contributed by atoms with Crippen LogP contribution in [-0.4, -0.2) is 217 Å². The van der Waals surface area contributed by atoms with E-state index in [0.717, 1.165) is 49.0 Å². The van der Waals surface area contributed by atoms with Crippen LogP contribution >= 0.6 is 35.8 Å². The summed E-state index contributed by atoms with van der Waals surface area (Å²) < 4.78 is 17.1. The summed E-state index contributed by atoms with van der Waals surface area (Å²) in [5.74, 6) is -4.95. The first kappa shape index (κ1) is 99.1. The number of phenols is 1. The number of ether oxygens (including phenoxy) is 2. The number of aromatic hydroxyl groups is 1. The Morgan fingerprint density at radius 3 is 1.35 bits per heavy atom. The number of aromatic amines is 2. The van der Waals surface area contributed by atoms with Gasteiger partial charge in [-0.2, -0.15) is 4.99 Å². The molecule has 36 heteroatoms. The zero-order chi connectivity index (χ0) is 92.6. The van der Waals surface area contributed by atoms with Gasteiger partial charge >= 0.3 is 5.97 Å². The van der Waals surface area contributed by atoms with Crippen LogP contribution in [0.4, 0.5) is 5.69 Å². The van der Waals surface area contributed by atoms with E-state index in [2.05, 4.69) is 62.9 Å². The van der Waals surface area contributed by atoms with E-state index in [1.807, 2.05) is 60.7 Å². The Balaban J connectivity index is 0.939. The number of hydrogen-bond donors (Lipinski definition) is 18. The Morgan fingerprint density at radius 1 is 0.465 bits per heavy atom. The zero-order valence-electron chi connectivity index (χ0n) is 72.5. The van der Waals surface area contributed by atoms with Gasteiger partial charge < -0.3 is 104 Å². The molecule has 0 bridgehead atoms. The van der Waals surface area contributed by atoms with Gasteiger partial charge in [-0.15, -0.1) is 12.6 Å². The third kappa shape index (κ3) is 28.2. The van der Waals surface area contributed by atoms with E-state index in [9.17, 15) is 60.3 Å². The van der Waals surface area contributed by atoms with Crippen LogP contribution in [0.5, 0.6) is 17.2 Å².